The number of anilines is 1. The maximum atomic E-state index is 13.2. The zero-order valence-corrected chi connectivity index (χ0v) is 19.8. The molecule has 2 N–H and O–H groups in total. The van der Waals surface area contributed by atoms with Crippen molar-refractivity contribution in [3.05, 3.63) is 89.1 Å². The van der Waals surface area contributed by atoms with Crippen LogP contribution >= 0.6 is 0 Å². The molecule has 8 heteroatoms. The number of para-hydroxylation sites is 2. The Bertz CT molecular complexity index is 1490. The van der Waals surface area contributed by atoms with E-state index in [-0.39, 0.29) is 10.8 Å². The van der Waals surface area contributed by atoms with Gasteiger partial charge in [-0.2, -0.15) is 0 Å². The number of fused-ring (bicyclic) bond motifs is 3. The monoisotopic (exact) mass is 475 g/mol. The van der Waals surface area contributed by atoms with Crippen molar-refractivity contribution in [1.29, 1.82) is 0 Å². The number of carbonyl (C=O) groups is 1. The molecule has 0 spiro atoms. The van der Waals surface area contributed by atoms with Crippen molar-refractivity contribution < 1.29 is 17.9 Å². The summed E-state index contributed by atoms with van der Waals surface area (Å²) in [5, 5.41) is 1.15. The molecule has 0 aliphatic carbocycles. The Balaban J connectivity index is 1.35. The highest BCUT2D eigenvalue weighted by atomic mass is 32.2. The van der Waals surface area contributed by atoms with Gasteiger partial charge in [0.05, 0.1) is 17.7 Å². The second-order valence-corrected chi connectivity index (χ2v) is 10.1. The molecule has 1 amide bonds. The van der Waals surface area contributed by atoms with Crippen LogP contribution in [-0.2, 0) is 23.0 Å². The van der Waals surface area contributed by atoms with E-state index in [9.17, 15) is 13.2 Å². The molecule has 0 saturated heterocycles. The minimum Gasteiger partial charge on any atom is -0.495 e. The van der Waals surface area contributed by atoms with Gasteiger partial charge in [0.2, 0.25) is 0 Å². The molecule has 174 valence electrons. The van der Waals surface area contributed by atoms with Crippen LogP contribution < -0.4 is 9.46 Å². The minimum absolute atomic E-state index is 0.0722. The van der Waals surface area contributed by atoms with Gasteiger partial charge in [-0.25, -0.2) is 8.42 Å². The summed E-state index contributed by atoms with van der Waals surface area (Å²) in [5.41, 5.74) is 5.39. The van der Waals surface area contributed by atoms with E-state index >= 15 is 0 Å². The number of hydrogen-bond acceptors (Lipinski definition) is 4. The van der Waals surface area contributed by atoms with E-state index in [2.05, 4.69) is 34.8 Å². The first-order valence-electron chi connectivity index (χ1n) is 11.0. The lowest BCUT2D eigenvalue weighted by atomic mass is 10.0. The first-order valence-corrected chi connectivity index (χ1v) is 12.5. The number of aromatic amines is 1. The number of ether oxygens (including phenoxy) is 1. The van der Waals surface area contributed by atoms with Crippen molar-refractivity contribution in [2.75, 3.05) is 18.4 Å². The second-order valence-electron chi connectivity index (χ2n) is 8.44. The summed E-state index contributed by atoms with van der Waals surface area (Å²) in [4.78, 5) is 18.6. The number of rotatable bonds is 5. The molecule has 0 fully saturated rings. The zero-order chi connectivity index (χ0) is 23.9. The van der Waals surface area contributed by atoms with Gasteiger partial charge < -0.3 is 14.6 Å². The molecule has 1 aliphatic rings. The first kappa shape index (κ1) is 22.0. The summed E-state index contributed by atoms with van der Waals surface area (Å²) in [6.45, 7) is 3.18. The number of sulfonamides is 1. The van der Waals surface area contributed by atoms with Crippen LogP contribution in [0.3, 0.4) is 0 Å². The normalized spacial score (nSPS) is 13.5. The summed E-state index contributed by atoms with van der Waals surface area (Å²) in [6.07, 6.45) is 0.754. The van der Waals surface area contributed by atoms with Crippen LogP contribution in [0, 0.1) is 6.92 Å². The molecular formula is C26H25N3O4S. The average Bonchev–Trinajstić information content (AvgIpc) is 3.21. The molecular weight excluding hydrogens is 450 g/mol. The van der Waals surface area contributed by atoms with E-state index in [0.717, 1.165) is 22.9 Å². The Kier molecular flexibility index (Phi) is 5.53. The van der Waals surface area contributed by atoms with Gasteiger partial charge in [0.1, 0.15) is 5.75 Å². The lowest BCUT2D eigenvalue weighted by Gasteiger charge is -2.27. The highest BCUT2D eigenvalue weighted by molar-refractivity contribution is 7.92. The van der Waals surface area contributed by atoms with Crippen molar-refractivity contribution in [3.63, 3.8) is 0 Å². The molecule has 5 rings (SSSR count). The smallest absolute Gasteiger partial charge is 0.262 e. The Morgan fingerprint density at radius 3 is 2.59 bits per heavy atom. The fraction of sp³-hybridized carbons (Fsp3) is 0.192. The Morgan fingerprint density at radius 2 is 1.82 bits per heavy atom. The van der Waals surface area contributed by atoms with Crippen molar-refractivity contribution in [2.45, 2.75) is 24.8 Å². The molecule has 0 unspecified atom stereocenters. The molecule has 4 aromatic rings. The van der Waals surface area contributed by atoms with Crippen LogP contribution in [0.4, 0.5) is 5.69 Å². The summed E-state index contributed by atoms with van der Waals surface area (Å²) < 4.78 is 33.5. The predicted octanol–water partition coefficient (Wildman–Crippen LogP) is 4.48. The number of H-pyrrole nitrogens is 1. The lowest BCUT2D eigenvalue weighted by Crippen LogP contribution is -2.35. The van der Waals surface area contributed by atoms with E-state index < -0.39 is 10.0 Å². The summed E-state index contributed by atoms with van der Waals surface area (Å²) in [7, 11) is -2.35. The van der Waals surface area contributed by atoms with Gasteiger partial charge in [-0.3, -0.25) is 9.52 Å². The largest absolute Gasteiger partial charge is 0.495 e. The van der Waals surface area contributed by atoms with Crippen LogP contribution in [0.25, 0.3) is 10.9 Å². The van der Waals surface area contributed by atoms with Gasteiger partial charge in [0, 0.05) is 47.2 Å². The molecule has 1 aromatic heterocycles. The zero-order valence-electron chi connectivity index (χ0n) is 19.0. The van der Waals surface area contributed by atoms with Crippen LogP contribution in [0.2, 0.25) is 0 Å². The Hall–Kier alpha value is -3.78. The van der Waals surface area contributed by atoms with Gasteiger partial charge in [-0.15, -0.1) is 0 Å². The molecule has 3 aromatic carbocycles. The molecule has 0 atom stereocenters. The lowest BCUT2D eigenvalue weighted by molar-refractivity contribution is 0.0735. The third-order valence-corrected chi connectivity index (χ3v) is 7.56. The highest BCUT2D eigenvalue weighted by Crippen LogP contribution is 2.30. The van der Waals surface area contributed by atoms with Gasteiger partial charge >= 0.3 is 0 Å². The molecule has 34 heavy (non-hydrogen) atoms. The maximum absolute atomic E-state index is 13.2. The topological polar surface area (TPSA) is 91.5 Å². The van der Waals surface area contributed by atoms with Crippen molar-refractivity contribution in [2.24, 2.45) is 0 Å². The number of nitrogens with zero attached hydrogens (tertiary/aromatic N) is 1. The molecule has 2 heterocycles. The van der Waals surface area contributed by atoms with Gasteiger partial charge in [-0.1, -0.05) is 23.8 Å². The number of nitrogens with one attached hydrogen (secondary N) is 2. The number of aromatic nitrogens is 1. The third-order valence-electron chi connectivity index (χ3n) is 6.18. The van der Waals surface area contributed by atoms with Crippen molar-refractivity contribution >= 4 is 32.5 Å². The summed E-state index contributed by atoms with van der Waals surface area (Å²) >= 11 is 0. The fourth-order valence-electron chi connectivity index (χ4n) is 4.39. The van der Waals surface area contributed by atoms with Crippen LogP contribution in [0.1, 0.15) is 27.2 Å². The molecule has 0 radical (unpaired) electrons. The third kappa shape index (κ3) is 4.01. The Morgan fingerprint density at radius 1 is 1.06 bits per heavy atom. The van der Waals surface area contributed by atoms with E-state index in [0.29, 0.717) is 30.1 Å². The van der Waals surface area contributed by atoms with E-state index in [1.165, 1.54) is 30.5 Å². The number of benzene rings is 3. The van der Waals surface area contributed by atoms with Crippen LogP contribution in [-0.4, -0.2) is 37.9 Å². The Labute approximate surface area is 198 Å². The predicted molar refractivity (Wildman–Crippen MR) is 132 cm³/mol. The highest BCUT2D eigenvalue weighted by Gasteiger charge is 2.25. The van der Waals surface area contributed by atoms with Crippen LogP contribution in [0.5, 0.6) is 5.75 Å². The van der Waals surface area contributed by atoms with E-state index in [1.807, 2.05) is 4.90 Å². The SMILES string of the molecule is COc1ccccc1NS(=O)(=O)c1ccc(C(=O)N2CCc3[nH]c4ccc(C)cc4c3C2)cc1. The number of aryl methyl sites for hydroxylation is 1. The van der Waals surface area contributed by atoms with Gasteiger partial charge in [0.15, 0.2) is 0 Å². The standard InChI is InChI=1S/C26H25N3O4S/c1-17-7-12-22-20(15-17)21-16-29(14-13-23(21)27-22)26(30)18-8-10-19(11-9-18)34(31,32)28-24-5-3-4-6-25(24)33-2/h3-12,15,27-28H,13-14,16H2,1-2H3. The summed E-state index contributed by atoms with van der Waals surface area (Å²) in [5.74, 6) is 0.309. The van der Waals surface area contributed by atoms with Crippen molar-refractivity contribution in [3.8, 4) is 5.75 Å². The van der Waals surface area contributed by atoms with Crippen LogP contribution in [0.15, 0.2) is 71.6 Å². The number of methoxy groups -OCH3 is 1. The van der Waals surface area contributed by atoms with Crippen molar-refractivity contribution in [1.82, 2.24) is 9.88 Å². The van der Waals surface area contributed by atoms with Gasteiger partial charge in [0.25, 0.3) is 15.9 Å². The first-order chi connectivity index (χ1) is 16.4. The molecule has 1 aliphatic heterocycles. The average molecular weight is 476 g/mol. The minimum atomic E-state index is -3.83. The molecule has 7 nitrogen and oxygen atoms in total. The number of amides is 1. The molecule has 0 bridgehead atoms. The fourth-order valence-corrected chi connectivity index (χ4v) is 5.46. The number of hydrogen-bond donors (Lipinski definition) is 2. The van der Waals surface area contributed by atoms with E-state index in [4.69, 9.17) is 4.74 Å². The van der Waals surface area contributed by atoms with E-state index in [1.54, 1.807) is 36.4 Å². The summed E-state index contributed by atoms with van der Waals surface area (Å²) in [6, 6.07) is 19.1. The van der Waals surface area contributed by atoms with Gasteiger partial charge in [-0.05, 0) is 55.5 Å². The second kappa shape index (κ2) is 8.53. The number of carbonyl (C=O) groups excluding carboxylic acids is 1. The quantitative estimate of drug-likeness (QED) is 0.445. The molecule has 0 saturated carbocycles. The maximum Gasteiger partial charge on any atom is 0.262 e.